The number of rotatable bonds is 3. The number of benzene rings is 1. The highest BCUT2D eigenvalue weighted by molar-refractivity contribution is 9.10. The van der Waals surface area contributed by atoms with Gasteiger partial charge < -0.3 is 9.47 Å². The fraction of sp³-hybridized carbons (Fsp3) is 0.182. The molecule has 0 saturated carbocycles. The smallest absolute Gasteiger partial charge is 0.162 e. The maximum absolute atomic E-state index is 5.23. The van der Waals surface area contributed by atoms with Crippen LogP contribution in [0.3, 0.4) is 0 Å². The van der Waals surface area contributed by atoms with Gasteiger partial charge in [-0.2, -0.15) is 5.10 Å². The monoisotopic (exact) mass is 282 g/mol. The van der Waals surface area contributed by atoms with Crippen molar-refractivity contribution in [3.8, 4) is 17.2 Å². The van der Waals surface area contributed by atoms with Crippen molar-refractivity contribution >= 4 is 15.9 Å². The Bertz CT molecular complexity index is 496. The zero-order valence-electron chi connectivity index (χ0n) is 8.98. The molecule has 0 bridgehead atoms. The normalized spacial score (nSPS) is 10.2. The number of hydrogen-bond acceptors (Lipinski definition) is 3. The number of halogens is 1. The lowest BCUT2D eigenvalue weighted by Gasteiger charge is -2.09. The van der Waals surface area contributed by atoms with Gasteiger partial charge in [0.25, 0.3) is 0 Å². The minimum absolute atomic E-state index is 0.687. The van der Waals surface area contributed by atoms with Crippen molar-refractivity contribution in [2.24, 2.45) is 0 Å². The SMILES string of the molecule is COc1ccc(-n2ccc(Br)n2)cc1OC. The van der Waals surface area contributed by atoms with Crippen LogP contribution in [0.15, 0.2) is 35.1 Å². The molecule has 0 spiro atoms. The van der Waals surface area contributed by atoms with Gasteiger partial charge in [0.15, 0.2) is 11.5 Å². The number of ether oxygens (including phenoxy) is 2. The first kappa shape index (κ1) is 11.0. The number of hydrogen-bond donors (Lipinski definition) is 0. The topological polar surface area (TPSA) is 36.3 Å². The fourth-order valence-electron chi connectivity index (χ4n) is 1.41. The van der Waals surface area contributed by atoms with E-state index in [1.54, 1.807) is 18.9 Å². The van der Waals surface area contributed by atoms with Crippen LogP contribution in [0.5, 0.6) is 11.5 Å². The first-order valence-electron chi connectivity index (χ1n) is 4.68. The minimum Gasteiger partial charge on any atom is -0.493 e. The molecule has 0 aliphatic rings. The van der Waals surface area contributed by atoms with Crippen molar-refractivity contribution in [2.45, 2.75) is 0 Å². The molecule has 2 aromatic rings. The molecule has 2 rings (SSSR count). The van der Waals surface area contributed by atoms with Crippen LogP contribution >= 0.6 is 15.9 Å². The summed E-state index contributed by atoms with van der Waals surface area (Å²) >= 11 is 3.31. The summed E-state index contributed by atoms with van der Waals surface area (Å²) in [5.41, 5.74) is 0.920. The standard InChI is InChI=1S/C11H11BrN2O2/c1-15-9-4-3-8(7-10(9)16-2)14-6-5-11(12)13-14/h3-7H,1-2H3. The highest BCUT2D eigenvalue weighted by atomic mass is 79.9. The molecule has 0 N–H and O–H groups in total. The Labute approximate surface area is 102 Å². The molecule has 0 atom stereocenters. The van der Waals surface area contributed by atoms with Gasteiger partial charge in [-0.1, -0.05) is 0 Å². The van der Waals surface area contributed by atoms with Gasteiger partial charge in [0, 0.05) is 12.3 Å². The zero-order valence-corrected chi connectivity index (χ0v) is 10.6. The van der Waals surface area contributed by atoms with Crippen LogP contribution in [-0.2, 0) is 0 Å². The van der Waals surface area contributed by atoms with Crippen LogP contribution in [0.1, 0.15) is 0 Å². The Morgan fingerprint density at radius 2 is 1.88 bits per heavy atom. The van der Waals surface area contributed by atoms with Crippen LogP contribution in [0.2, 0.25) is 0 Å². The third-order valence-corrected chi connectivity index (χ3v) is 2.61. The predicted octanol–water partition coefficient (Wildman–Crippen LogP) is 2.65. The molecule has 0 aliphatic carbocycles. The van der Waals surface area contributed by atoms with Crippen LogP contribution in [0, 0.1) is 0 Å². The van der Waals surface area contributed by atoms with Crippen molar-refractivity contribution in [3.63, 3.8) is 0 Å². The van der Waals surface area contributed by atoms with Crippen LogP contribution < -0.4 is 9.47 Å². The first-order valence-corrected chi connectivity index (χ1v) is 5.47. The van der Waals surface area contributed by atoms with E-state index in [4.69, 9.17) is 9.47 Å². The summed E-state index contributed by atoms with van der Waals surface area (Å²) in [6.07, 6.45) is 1.87. The summed E-state index contributed by atoms with van der Waals surface area (Å²) in [7, 11) is 3.22. The van der Waals surface area contributed by atoms with Crippen molar-refractivity contribution in [1.29, 1.82) is 0 Å². The fourth-order valence-corrected chi connectivity index (χ4v) is 1.70. The zero-order chi connectivity index (χ0) is 11.5. The second-order valence-electron chi connectivity index (χ2n) is 3.12. The minimum atomic E-state index is 0.687. The van der Waals surface area contributed by atoms with Crippen LogP contribution in [0.25, 0.3) is 5.69 Å². The molecule has 1 aromatic heterocycles. The van der Waals surface area contributed by atoms with Crippen molar-refractivity contribution in [3.05, 3.63) is 35.1 Å². The molecule has 4 nitrogen and oxygen atoms in total. The number of methoxy groups -OCH3 is 2. The highest BCUT2D eigenvalue weighted by Crippen LogP contribution is 2.28. The Kier molecular flexibility index (Phi) is 3.14. The lowest BCUT2D eigenvalue weighted by Crippen LogP contribution is -1.97. The Balaban J connectivity index is 2.43. The molecular weight excluding hydrogens is 272 g/mol. The Morgan fingerprint density at radius 1 is 1.12 bits per heavy atom. The van der Waals surface area contributed by atoms with Gasteiger partial charge in [0.05, 0.1) is 19.9 Å². The second kappa shape index (κ2) is 4.57. The third-order valence-electron chi connectivity index (χ3n) is 2.19. The molecule has 0 fully saturated rings. The molecule has 0 amide bonds. The summed E-state index contributed by atoms with van der Waals surface area (Å²) in [4.78, 5) is 0. The lowest BCUT2D eigenvalue weighted by atomic mass is 10.3. The Hall–Kier alpha value is -1.49. The van der Waals surface area contributed by atoms with E-state index in [-0.39, 0.29) is 0 Å². The molecule has 0 radical (unpaired) electrons. The van der Waals surface area contributed by atoms with Gasteiger partial charge in [0.1, 0.15) is 4.60 Å². The molecular formula is C11H11BrN2O2. The van der Waals surface area contributed by atoms with E-state index in [1.807, 2.05) is 30.5 Å². The third kappa shape index (κ3) is 2.04. The number of aromatic nitrogens is 2. The maximum atomic E-state index is 5.23. The van der Waals surface area contributed by atoms with Gasteiger partial charge >= 0.3 is 0 Å². The van der Waals surface area contributed by atoms with Gasteiger partial charge in [-0.3, -0.25) is 0 Å². The van der Waals surface area contributed by atoms with Crippen molar-refractivity contribution in [1.82, 2.24) is 9.78 Å². The summed E-state index contributed by atoms with van der Waals surface area (Å²) < 4.78 is 12.9. The molecule has 16 heavy (non-hydrogen) atoms. The maximum Gasteiger partial charge on any atom is 0.162 e. The van der Waals surface area contributed by atoms with Crippen LogP contribution in [-0.4, -0.2) is 24.0 Å². The molecule has 1 heterocycles. The molecule has 0 unspecified atom stereocenters. The van der Waals surface area contributed by atoms with Gasteiger partial charge in [-0.25, -0.2) is 4.68 Å². The largest absolute Gasteiger partial charge is 0.493 e. The van der Waals surface area contributed by atoms with E-state index >= 15 is 0 Å². The van der Waals surface area contributed by atoms with Gasteiger partial charge in [-0.05, 0) is 34.1 Å². The lowest BCUT2D eigenvalue weighted by molar-refractivity contribution is 0.354. The first-order chi connectivity index (χ1) is 7.74. The van der Waals surface area contributed by atoms with E-state index in [0.717, 1.165) is 10.3 Å². The predicted molar refractivity (Wildman–Crippen MR) is 64.4 cm³/mol. The Morgan fingerprint density at radius 3 is 2.44 bits per heavy atom. The second-order valence-corrected chi connectivity index (χ2v) is 3.93. The summed E-state index contributed by atoms with van der Waals surface area (Å²) in [5.74, 6) is 1.39. The van der Waals surface area contributed by atoms with Crippen molar-refractivity contribution < 1.29 is 9.47 Å². The average Bonchev–Trinajstić information content (AvgIpc) is 2.75. The van der Waals surface area contributed by atoms with Gasteiger partial charge in [-0.15, -0.1) is 0 Å². The molecule has 84 valence electrons. The summed E-state index contributed by atoms with van der Waals surface area (Å²) in [5, 5.41) is 4.25. The average molecular weight is 283 g/mol. The van der Waals surface area contributed by atoms with E-state index < -0.39 is 0 Å². The molecule has 0 aliphatic heterocycles. The van der Waals surface area contributed by atoms with Crippen LogP contribution in [0.4, 0.5) is 0 Å². The quantitative estimate of drug-likeness (QED) is 0.868. The van der Waals surface area contributed by atoms with Gasteiger partial charge in [0.2, 0.25) is 0 Å². The van der Waals surface area contributed by atoms with E-state index in [1.165, 1.54) is 0 Å². The molecule has 1 aromatic carbocycles. The van der Waals surface area contributed by atoms with E-state index in [0.29, 0.717) is 11.5 Å². The summed E-state index contributed by atoms with van der Waals surface area (Å²) in [6, 6.07) is 7.51. The number of nitrogens with zero attached hydrogens (tertiary/aromatic N) is 2. The molecule has 0 saturated heterocycles. The van der Waals surface area contributed by atoms with Crippen molar-refractivity contribution in [2.75, 3.05) is 14.2 Å². The molecule has 5 heteroatoms. The van der Waals surface area contributed by atoms with E-state index in [9.17, 15) is 0 Å². The summed E-state index contributed by atoms with van der Waals surface area (Å²) in [6.45, 7) is 0. The highest BCUT2D eigenvalue weighted by Gasteiger charge is 2.06. The van der Waals surface area contributed by atoms with E-state index in [2.05, 4.69) is 21.0 Å².